The van der Waals surface area contributed by atoms with Crippen molar-refractivity contribution >= 4 is 28.4 Å². The largest absolute Gasteiger partial charge is 0.497 e. The van der Waals surface area contributed by atoms with Crippen LogP contribution in [-0.2, 0) is 16.0 Å². The Morgan fingerprint density at radius 1 is 1.10 bits per heavy atom. The molecule has 2 heterocycles. The number of ether oxygens (including phenoxy) is 2. The Kier molecular flexibility index (Phi) is 5.22. The summed E-state index contributed by atoms with van der Waals surface area (Å²) in [6, 6.07) is 12.3. The quantitative estimate of drug-likeness (QED) is 0.603. The highest BCUT2D eigenvalue weighted by molar-refractivity contribution is 6.22. The number of methoxy groups -OCH3 is 2. The minimum Gasteiger partial charge on any atom is -0.497 e. The van der Waals surface area contributed by atoms with Gasteiger partial charge in [0, 0.05) is 29.7 Å². The topological polar surface area (TPSA) is 83.7 Å². The van der Waals surface area contributed by atoms with E-state index in [2.05, 4.69) is 10.3 Å². The molecule has 0 radical (unpaired) electrons. The van der Waals surface area contributed by atoms with Crippen LogP contribution in [0, 0.1) is 0 Å². The Labute approximate surface area is 168 Å². The van der Waals surface area contributed by atoms with Crippen molar-refractivity contribution in [2.75, 3.05) is 25.7 Å². The van der Waals surface area contributed by atoms with Crippen LogP contribution in [0.2, 0.25) is 0 Å². The fourth-order valence-corrected chi connectivity index (χ4v) is 3.68. The van der Waals surface area contributed by atoms with Crippen LogP contribution in [0.4, 0.5) is 5.69 Å². The van der Waals surface area contributed by atoms with Crippen molar-refractivity contribution < 1.29 is 19.1 Å². The number of nitrogens with one attached hydrogen (secondary N) is 2. The van der Waals surface area contributed by atoms with E-state index in [0.717, 1.165) is 28.6 Å². The van der Waals surface area contributed by atoms with Crippen molar-refractivity contribution in [2.45, 2.75) is 18.9 Å². The van der Waals surface area contributed by atoms with E-state index in [1.54, 1.807) is 38.5 Å². The van der Waals surface area contributed by atoms with Crippen molar-refractivity contribution in [1.29, 1.82) is 0 Å². The van der Waals surface area contributed by atoms with E-state index < -0.39 is 6.04 Å². The van der Waals surface area contributed by atoms with Crippen LogP contribution >= 0.6 is 0 Å². The Bertz CT molecular complexity index is 1060. The fraction of sp³-hybridized carbons (Fsp3) is 0.273. The van der Waals surface area contributed by atoms with Gasteiger partial charge in [-0.05, 0) is 42.3 Å². The monoisotopic (exact) mass is 393 g/mol. The molecule has 1 aromatic heterocycles. The lowest BCUT2D eigenvalue weighted by Gasteiger charge is -2.16. The van der Waals surface area contributed by atoms with E-state index in [1.807, 2.05) is 24.4 Å². The molecule has 0 unspecified atom stereocenters. The SMILES string of the molecule is COc1cccc(N2C(=O)C[C@H](NCCc3c[nH]c4ccc(OC)cc34)C2=O)c1. The second kappa shape index (κ2) is 7.97. The highest BCUT2D eigenvalue weighted by Crippen LogP contribution is 2.27. The van der Waals surface area contributed by atoms with Crippen LogP contribution in [0.5, 0.6) is 11.5 Å². The Morgan fingerprint density at radius 2 is 1.90 bits per heavy atom. The standard InChI is InChI=1S/C22H23N3O4/c1-28-16-5-3-4-15(10-16)25-21(26)12-20(22(25)27)23-9-8-14-13-24-19-7-6-17(29-2)11-18(14)19/h3-7,10-11,13,20,23-24H,8-9,12H2,1-2H3/t20-/m0/s1. The Hall–Kier alpha value is -3.32. The van der Waals surface area contributed by atoms with Crippen LogP contribution in [0.25, 0.3) is 10.9 Å². The van der Waals surface area contributed by atoms with Crippen LogP contribution in [-0.4, -0.2) is 43.6 Å². The number of hydrogen-bond donors (Lipinski definition) is 2. The zero-order valence-electron chi connectivity index (χ0n) is 16.4. The highest BCUT2D eigenvalue weighted by atomic mass is 16.5. The number of nitrogens with zero attached hydrogens (tertiary/aromatic N) is 1. The number of hydrogen-bond acceptors (Lipinski definition) is 5. The summed E-state index contributed by atoms with van der Waals surface area (Å²) >= 11 is 0. The molecule has 4 rings (SSSR count). The number of anilines is 1. The average Bonchev–Trinajstić information content (AvgIpc) is 3.27. The number of aromatic nitrogens is 1. The highest BCUT2D eigenvalue weighted by Gasteiger charge is 2.39. The molecule has 7 nitrogen and oxygen atoms in total. The van der Waals surface area contributed by atoms with Crippen molar-refractivity contribution in [2.24, 2.45) is 0 Å². The van der Waals surface area contributed by atoms with Gasteiger partial charge in [-0.3, -0.25) is 9.59 Å². The molecule has 0 bridgehead atoms. The van der Waals surface area contributed by atoms with Gasteiger partial charge in [-0.2, -0.15) is 0 Å². The summed E-state index contributed by atoms with van der Waals surface area (Å²) in [5.41, 5.74) is 2.71. The first kappa shape index (κ1) is 19.0. The molecule has 3 aromatic rings. The third kappa shape index (κ3) is 3.69. The molecule has 0 aliphatic carbocycles. The number of carbonyl (C=O) groups excluding carboxylic acids is 2. The van der Waals surface area contributed by atoms with Crippen LogP contribution < -0.4 is 19.7 Å². The first-order valence-electron chi connectivity index (χ1n) is 9.49. The second-order valence-corrected chi connectivity index (χ2v) is 6.96. The van der Waals surface area contributed by atoms with Gasteiger partial charge in [0.2, 0.25) is 5.91 Å². The number of benzene rings is 2. The molecule has 0 saturated carbocycles. The summed E-state index contributed by atoms with van der Waals surface area (Å²) in [5.74, 6) is 0.965. The van der Waals surface area contributed by atoms with E-state index in [4.69, 9.17) is 9.47 Å². The van der Waals surface area contributed by atoms with E-state index in [1.165, 1.54) is 4.90 Å². The molecule has 2 aromatic carbocycles. The number of aromatic amines is 1. The number of H-pyrrole nitrogens is 1. The average molecular weight is 393 g/mol. The van der Waals surface area contributed by atoms with Crippen LogP contribution in [0.1, 0.15) is 12.0 Å². The van der Waals surface area contributed by atoms with E-state index in [9.17, 15) is 9.59 Å². The maximum atomic E-state index is 12.8. The van der Waals surface area contributed by atoms with Gasteiger partial charge in [0.05, 0.1) is 32.4 Å². The summed E-state index contributed by atoms with van der Waals surface area (Å²) in [6.45, 7) is 0.583. The first-order chi connectivity index (χ1) is 14.1. The number of rotatable bonds is 7. The van der Waals surface area contributed by atoms with Gasteiger partial charge < -0.3 is 19.8 Å². The third-order valence-electron chi connectivity index (χ3n) is 5.22. The lowest BCUT2D eigenvalue weighted by atomic mass is 10.1. The minimum absolute atomic E-state index is 0.151. The van der Waals surface area contributed by atoms with Crippen LogP contribution in [0.15, 0.2) is 48.7 Å². The number of imide groups is 1. The normalized spacial score (nSPS) is 16.6. The van der Waals surface area contributed by atoms with Crippen LogP contribution in [0.3, 0.4) is 0 Å². The zero-order valence-corrected chi connectivity index (χ0v) is 16.4. The van der Waals surface area contributed by atoms with Gasteiger partial charge in [0.25, 0.3) is 5.91 Å². The lowest BCUT2D eigenvalue weighted by molar-refractivity contribution is -0.121. The molecule has 150 valence electrons. The van der Waals surface area contributed by atoms with Crippen molar-refractivity contribution in [3.63, 3.8) is 0 Å². The summed E-state index contributed by atoms with van der Waals surface area (Å²) in [5, 5.41) is 4.33. The van der Waals surface area contributed by atoms with Crippen molar-refractivity contribution in [3.8, 4) is 11.5 Å². The third-order valence-corrected chi connectivity index (χ3v) is 5.22. The number of carbonyl (C=O) groups is 2. The minimum atomic E-state index is -0.520. The molecule has 1 aliphatic heterocycles. The molecule has 1 atom stereocenters. The lowest BCUT2D eigenvalue weighted by Crippen LogP contribution is -2.39. The summed E-state index contributed by atoms with van der Waals surface area (Å²) in [7, 11) is 3.20. The van der Waals surface area contributed by atoms with Gasteiger partial charge in [-0.15, -0.1) is 0 Å². The van der Waals surface area contributed by atoms with Crippen molar-refractivity contribution in [1.82, 2.24) is 10.3 Å². The predicted octanol–water partition coefficient (Wildman–Crippen LogP) is 2.65. The van der Waals surface area contributed by atoms with Gasteiger partial charge >= 0.3 is 0 Å². The molecule has 2 amide bonds. The molecule has 0 spiro atoms. The van der Waals surface area contributed by atoms with E-state index in [0.29, 0.717) is 18.0 Å². The smallest absolute Gasteiger partial charge is 0.251 e. The Morgan fingerprint density at radius 3 is 2.69 bits per heavy atom. The summed E-state index contributed by atoms with van der Waals surface area (Å²) < 4.78 is 10.5. The predicted molar refractivity (Wildman–Crippen MR) is 110 cm³/mol. The van der Waals surface area contributed by atoms with Gasteiger partial charge in [-0.25, -0.2) is 4.90 Å². The molecule has 1 saturated heterocycles. The molecule has 1 aliphatic rings. The molecule has 7 heteroatoms. The van der Waals surface area contributed by atoms with Gasteiger partial charge in [-0.1, -0.05) is 6.07 Å². The van der Waals surface area contributed by atoms with Crippen molar-refractivity contribution in [3.05, 3.63) is 54.2 Å². The number of fused-ring (bicyclic) bond motifs is 1. The molecule has 29 heavy (non-hydrogen) atoms. The molecule has 2 N–H and O–H groups in total. The zero-order chi connectivity index (χ0) is 20.4. The number of amides is 2. The maximum Gasteiger partial charge on any atom is 0.251 e. The van der Waals surface area contributed by atoms with E-state index in [-0.39, 0.29) is 18.2 Å². The first-order valence-corrected chi connectivity index (χ1v) is 9.49. The summed E-state index contributed by atoms with van der Waals surface area (Å²) in [6.07, 6.45) is 2.85. The maximum absolute atomic E-state index is 12.8. The van der Waals surface area contributed by atoms with Gasteiger partial charge in [0.15, 0.2) is 0 Å². The summed E-state index contributed by atoms with van der Waals surface area (Å²) in [4.78, 5) is 29.7. The molecular formula is C22H23N3O4. The fourth-order valence-electron chi connectivity index (χ4n) is 3.68. The molecule has 1 fully saturated rings. The Balaban J connectivity index is 1.42. The second-order valence-electron chi connectivity index (χ2n) is 6.96. The molecular weight excluding hydrogens is 370 g/mol. The van der Waals surface area contributed by atoms with E-state index >= 15 is 0 Å². The van der Waals surface area contributed by atoms with Gasteiger partial charge in [0.1, 0.15) is 11.5 Å².